The topological polar surface area (TPSA) is 52.3 Å². The number of rotatable bonds is 5. The van der Waals surface area contributed by atoms with E-state index in [2.05, 4.69) is 46.8 Å². The molecule has 0 radical (unpaired) electrons. The lowest BCUT2D eigenvalue weighted by Crippen LogP contribution is -2.66. The van der Waals surface area contributed by atoms with Crippen LogP contribution >= 0.6 is 0 Å². The Hall–Kier alpha value is -1.94. The highest BCUT2D eigenvalue weighted by atomic mass is 19.1. The molecule has 3 nitrogen and oxygen atoms in total. The van der Waals surface area contributed by atoms with E-state index in [0.717, 1.165) is 36.2 Å². The highest BCUT2D eigenvalue weighted by Gasteiger charge is 2.69. The van der Waals surface area contributed by atoms with Crippen LogP contribution in [-0.4, -0.2) is 18.2 Å². The molecule has 246 valence electrons. The first-order valence-corrected chi connectivity index (χ1v) is 18.3. The van der Waals surface area contributed by atoms with Gasteiger partial charge >= 0.3 is 5.97 Å². The molecule has 6 aliphatic rings. The molecule has 4 heteroatoms. The van der Waals surface area contributed by atoms with Crippen molar-refractivity contribution in [1.29, 1.82) is 0 Å². The second-order valence-electron chi connectivity index (χ2n) is 17.9. The number of ether oxygens (including phenoxy) is 1. The minimum absolute atomic E-state index is 0.0475. The van der Waals surface area contributed by atoms with Gasteiger partial charge in [0.05, 0.1) is 5.41 Å². The number of allylic oxidation sites excluding steroid dienone is 4. The monoisotopic (exact) mass is 615 g/mol. The average Bonchev–Trinajstić information content (AvgIpc) is 3.42. The summed E-state index contributed by atoms with van der Waals surface area (Å²) in [6.07, 6.45) is 19.3. The lowest BCUT2D eigenvalue weighted by molar-refractivity contribution is -0.216. The summed E-state index contributed by atoms with van der Waals surface area (Å²) < 4.78 is 20.3. The number of benzene rings is 1. The second-order valence-corrected chi connectivity index (χ2v) is 17.9. The van der Waals surface area contributed by atoms with Crippen LogP contribution in [0.5, 0.6) is 0 Å². The fourth-order valence-corrected chi connectivity index (χ4v) is 13.1. The first kappa shape index (κ1) is 31.6. The third-order valence-electron chi connectivity index (χ3n) is 15.9. The number of nitrogens with two attached hydrogens (primary N) is 1. The van der Waals surface area contributed by atoms with Gasteiger partial charge < -0.3 is 10.5 Å². The Balaban J connectivity index is 1.11. The summed E-state index contributed by atoms with van der Waals surface area (Å²) in [4.78, 5) is 13.2. The minimum atomic E-state index is -1.06. The summed E-state index contributed by atoms with van der Waals surface area (Å²) in [7, 11) is 0. The van der Waals surface area contributed by atoms with Crippen molar-refractivity contribution >= 4 is 5.97 Å². The third-order valence-corrected chi connectivity index (χ3v) is 15.9. The molecule has 0 saturated heterocycles. The molecular weight excluding hydrogens is 557 g/mol. The van der Waals surface area contributed by atoms with Gasteiger partial charge in [0.25, 0.3) is 0 Å². The molecule has 4 saturated carbocycles. The van der Waals surface area contributed by atoms with Crippen molar-refractivity contribution in [1.82, 2.24) is 0 Å². The normalized spacial score (nSPS) is 45.2. The van der Waals surface area contributed by atoms with Crippen LogP contribution in [0.2, 0.25) is 0 Å². The number of hydrogen-bond acceptors (Lipinski definition) is 3. The zero-order valence-electron chi connectivity index (χ0n) is 28.7. The Kier molecular flexibility index (Phi) is 7.59. The van der Waals surface area contributed by atoms with Crippen molar-refractivity contribution in [3.05, 3.63) is 59.2 Å². The summed E-state index contributed by atoms with van der Waals surface area (Å²) in [6.45, 7) is 12.6. The fourth-order valence-electron chi connectivity index (χ4n) is 13.1. The molecule has 0 amide bonds. The molecule has 0 aromatic heterocycles. The fraction of sp³-hybridized carbons (Fsp3) is 0.732. The number of halogens is 1. The highest BCUT2D eigenvalue weighted by Crippen LogP contribution is 2.76. The predicted molar refractivity (Wildman–Crippen MR) is 180 cm³/mol. The Morgan fingerprint density at radius 3 is 2.33 bits per heavy atom. The van der Waals surface area contributed by atoms with Gasteiger partial charge in [0.2, 0.25) is 0 Å². The molecule has 0 spiro atoms. The van der Waals surface area contributed by atoms with Crippen LogP contribution in [0.1, 0.15) is 124 Å². The smallest absolute Gasteiger partial charge is 0.315 e. The molecule has 1 aromatic rings. The molecular formula is C41H58FNO2. The van der Waals surface area contributed by atoms with E-state index in [1.54, 1.807) is 0 Å². The second kappa shape index (κ2) is 10.8. The van der Waals surface area contributed by atoms with E-state index in [1.807, 2.05) is 30.3 Å². The van der Waals surface area contributed by atoms with E-state index < -0.39 is 18.1 Å². The standard InChI is InChI=1S/C41H58FNO2/c1-36(2)30(29-15-22-40(27-42,23-16-29)35(44)45-26-28-10-7-6-8-11-28)17-20-37(3)33(36)18-21-39(5)34(37)14-13-31-32-12-9-19-41(32,43)25-24-38(31,39)4/h6-8,10-11,15,17,31-34H,9,12-14,16,18-27,43H2,1-5H3/t31-,32-,33+,34-,37+,38-,39-,40+,41+/m1/s1. The molecule has 1 aromatic carbocycles. The first-order chi connectivity index (χ1) is 21.3. The Morgan fingerprint density at radius 2 is 1.62 bits per heavy atom. The molecule has 45 heavy (non-hydrogen) atoms. The summed E-state index contributed by atoms with van der Waals surface area (Å²) in [5.74, 6) is 2.46. The van der Waals surface area contributed by atoms with E-state index in [1.165, 1.54) is 68.9 Å². The van der Waals surface area contributed by atoms with Crippen molar-refractivity contribution in [2.24, 2.45) is 56.5 Å². The number of carbonyl (C=O) groups is 1. The quantitative estimate of drug-likeness (QED) is 0.336. The first-order valence-electron chi connectivity index (χ1n) is 18.3. The van der Waals surface area contributed by atoms with Crippen molar-refractivity contribution in [2.75, 3.05) is 6.67 Å². The van der Waals surface area contributed by atoms with E-state index in [0.29, 0.717) is 29.6 Å². The maximum absolute atomic E-state index is 14.6. The number of fused-ring (bicyclic) bond motifs is 7. The number of hydrogen-bond donors (Lipinski definition) is 1. The number of carbonyl (C=O) groups excluding carboxylic acids is 1. The van der Waals surface area contributed by atoms with Crippen LogP contribution in [0, 0.1) is 50.7 Å². The maximum Gasteiger partial charge on any atom is 0.315 e. The molecule has 0 bridgehead atoms. The predicted octanol–water partition coefficient (Wildman–Crippen LogP) is 9.90. The summed E-state index contributed by atoms with van der Waals surface area (Å²) in [6, 6.07) is 9.69. The van der Waals surface area contributed by atoms with Gasteiger partial charge in [-0.25, -0.2) is 4.39 Å². The van der Waals surface area contributed by atoms with Gasteiger partial charge in [-0.15, -0.1) is 0 Å². The van der Waals surface area contributed by atoms with Crippen LogP contribution in [0.3, 0.4) is 0 Å². The zero-order valence-corrected chi connectivity index (χ0v) is 28.7. The lowest BCUT2D eigenvalue weighted by atomic mass is 9.33. The van der Waals surface area contributed by atoms with Crippen molar-refractivity contribution in [3.8, 4) is 0 Å². The molecule has 4 fully saturated rings. The van der Waals surface area contributed by atoms with Gasteiger partial charge in [0.15, 0.2) is 0 Å². The van der Waals surface area contributed by atoms with Crippen LogP contribution < -0.4 is 5.73 Å². The van der Waals surface area contributed by atoms with E-state index >= 15 is 0 Å². The molecule has 9 atom stereocenters. The van der Waals surface area contributed by atoms with Gasteiger partial charge in [-0.05, 0) is 139 Å². The van der Waals surface area contributed by atoms with Gasteiger partial charge in [-0.1, -0.05) is 83.5 Å². The molecule has 7 rings (SSSR count). The van der Waals surface area contributed by atoms with Crippen LogP contribution in [0.4, 0.5) is 4.39 Å². The molecule has 6 aliphatic carbocycles. The SMILES string of the molecule is CC1(C)C(C2=CC[C@](CF)(C(=O)OCc3ccccc3)CC2)=CC[C@]2(C)[C@H]3CC[C@@H]4[C@H]5CCC[C@]5(N)CC[C@@]4(C)[C@]3(C)CC[C@@H]12. The highest BCUT2D eigenvalue weighted by molar-refractivity contribution is 5.78. The van der Waals surface area contributed by atoms with E-state index in [-0.39, 0.29) is 23.0 Å². The molecule has 0 heterocycles. The van der Waals surface area contributed by atoms with E-state index in [9.17, 15) is 9.18 Å². The molecule has 0 aliphatic heterocycles. The summed E-state index contributed by atoms with van der Waals surface area (Å²) in [5.41, 5.74) is 11.0. The van der Waals surface area contributed by atoms with Crippen LogP contribution in [-0.2, 0) is 16.1 Å². The Labute approximate surface area is 272 Å². The number of alkyl halides is 1. The maximum atomic E-state index is 14.6. The van der Waals surface area contributed by atoms with Gasteiger partial charge in [-0.3, -0.25) is 4.79 Å². The lowest BCUT2D eigenvalue weighted by Gasteiger charge is -2.72. The Morgan fingerprint density at radius 1 is 0.844 bits per heavy atom. The minimum Gasteiger partial charge on any atom is -0.460 e. The molecule has 2 N–H and O–H groups in total. The van der Waals surface area contributed by atoms with E-state index in [4.69, 9.17) is 10.5 Å². The summed E-state index contributed by atoms with van der Waals surface area (Å²) in [5, 5.41) is 0. The zero-order chi connectivity index (χ0) is 31.9. The van der Waals surface area contributed by atoms with Gasteiger partial charge in [0, 0.05) is 5.54 Å². The van der Waals surface area contributed by atoms with Gasteiger partial charge in [0.1, 0.15) is 13.3 Å². The summed E-state index contributed by atoms with van der Waals surface area (Å²) >= 11 is 0. The third kappa shape index (κ3) is 4.53. The van der Waals surface area contributed by atoms with Crippen LogP contribution in [0.15, 0.2) is 53.6 Å². The average molecular weight is 616 g/mol. The van der Waals surface area contributed by atoms with Gasteiger partial charge in [-0.2, -0.15) is 0 Å². The molecule has 0 unspecified atom stereocenters. The Bertz CT molecular complexity index is 1380. The van der Waals surface area contributed by atoms with Crippen molar-refractivity contribution in [3.63, 3.8) is 0 Å². The van der Waals surface area contributed by atoms with Crippen molar-refractivity contribution in [2.45, 2.75) is 130 Å². The van der Waals surface area contributed by atoms with Crippen LogP contribution in [0.25, 0.3) is 0 Å². The van der Waals surface area contributed by atoms with Crippen molar-refractivity contribution < 1.29 is 13.9 Å². The largest absolute Gasteiger partial charge is 0.460 e. The number of esters is 1.